The first-order valence-corrected chi connectivity index (χ1v) is 11.9. The topological polar surface area (TPSA) is 49.4 Å². The highest BCUT2D eigenvalue weighted by molar-refractivity contribution is 7.90. The van der Waals surface area contributed by atoms with Crippen LogP contribution in [0.5, 0.6) is 0 Å². The molecule has 1 N–H and O–H groups in total. The smallest absolute Gasteiger partial charge is 0.175 e. The number of piperidine rings is 2. The van der Waals surface area contributed by atoms with Gasteiger partial charge in [0, 0.05) is 6.26 Å². The predicted molar refractivity (Wildman–Crippen MR) is 113 cm³/mol. The van der Waals surface area contributed by atoms with Crippen molar-refractivity contribution in [2.24, 2.45) is 11.8 Å². The van der Waals surface area contributed by atoms with Crippen LogP contribution in [0.3, 0.4) is 0 Å². The van der Waals surface area contributed by atoms with E-state index >= 15 is 0 Å². The molecule has 2 aromatic rings. The van der Waals surface area contributed by atoms with Crippen molar-refractivity contribution in [1.29, 1.82) is 0 Å². The van der Waals surface area contributed by atoms with E-state index in [-0.39, 0.29) is 0 Å². The normalized spacial score (nSPS) is 20.2. The molecule has 2 aliphatic rings. The summed E-state index contributed by atoms with van der Waals surface area (Å²) >= 11 is 0. The third-order valence-corrected chi connectivity index (χ3v) is 7.07. The Morgan fingerprint density at radius 1 is 0.889 bits per heavy atom. The van der Waals surface area contributed by atoms with E-state index in [1.165, 1.54) is 58.1 Å². The third-order valence-electron chi connectivity index (χ3n) is 5.96. The summed E-state index contributed by atoms with van der Waals surface area (Å²) < 4.78 is 22.6. The molecule has 2 fully saturated rings. The van der Waals surface area contributed by atoms with Crippen LogP contribution >= 0.6 is 0 Å². The van der Waals surface area contributed by atoms with E-state index < -0.39 is 9.84 Å². The van der Waals surface area contributed by atoms with Gasteiger partial charge in [-0.05, 0) is 93.7 Å². The van der Waals surface area contributed by atoms with Crippen LogP contribution in [0.4, 0.5) is 0 Å². The van der Waals surface area contributed by atoms with Gasteiger partial charge in [-0.25, -0.2) is 8.42 Å². The van der Waals surface area contributed by atoms with Gasteiger partial charge in [0.2, 0.25) is 0 Å². The van der Waals surface area contributed by atoms with Crippen molar-refractivity contribution in [3.8, 4) is 0 Å². The first kappa shape index (κ1) is 20.3. The molecule has 0 bridgehead atoms. The number of nitrogens with one attached hydrogen (secondary N) is 1. The van der Waals surface area contributed by atoms with E-state index in [1.807, 2.05) is 30.3 Å². The fourth-order valence-electron chi connectivity index (χ4n) is 4.21. The number of rotatable bonds is 2. The Labute approximate surface area is 163 Å². The Bertz CT molecular complexity index is 836. The number of sulfone groups is 1. The zero-order valence-electron chi connectivity index (χ0n) is 16.5. The van der Waals surface area contributed by atoms with Crippen LogP contribution in [0.1, 0.15) is 25.7 Å². The SMILES string of the molecule is CN1CCC(C2CCNCC2)CC1.CS(=O)(=O)c1ccc2ccccc2c1. The molecule has 0 radical (unpaired) electrons. The molecule has 0 saturated carbocycles. The summed E-state index contributed by atoms with van der Waals surface area (Å²) in [6.07, 6.45) is 6.96. The molecule has 2 saturated heterocycles. The summed E-state index contributed by atoms with van der Waals surface area (Å²) in [4.78, 5) is 2.84. The average molecular weight is 389 g/mol. The van der Waals surface area contributed by atoms with Crippen LogP contribution in [0.2, 0.25) is 0 Å². The Morgan fingerprint density at radius 3 is 2.11 bits per heavy atom. The Kier molecular flexibility index (Phi) is 6.90. The molecule has 2 aliphatic heterocycles. The minimum Gasteiger partial charge on any atom is -0.317 e. The van der Waals surface area contributed by atoms with Crippen LogP contribution in [0, 0.1) is 11.8 Å². The highest BCUT2D eigenvalue weighted by atomic mass is 32.2. The van der Waals surface area contributed by atoms with E-state index in [4.69, 9.17) is 0 Å². The summed E-state index contributed by atoms with van der Waals surface area (Å²) in [6.45, 7) is 5.18. The molecule has 2 heterocycles. The highest BCUT2D eigenvalue weighted by Gasteiger charge is 2.26. The monoisotopic (exact) mass is 388 g/mol. The third kappa shape index (κ3) is 5.77. The van der Waals surface area contributed by atoms with E-state index in [1.54, 1.807) is 12.1 Å². The molecule has 0 spiro atoms. The number of hydrogen-bond acceptors (Lipinski definition) is 4. The molecule has 4 rings (SSSR count). The maximum Gasteiger partial charge on any atom is 0.175 e. The number of benzene rings is 2. The van der Waals surface area contributed by atoms with Gasteiger partial charge in [0.25, 0.3) is 0 Å². The van der Waals surface area contributed by atoms with Crippen LogP contribution in [0.25, 0.3) is 10.8 Å². The van der Waals surface area contributed by atoms with E-state index in [0.29, 0.717) is 4.90 Å². The number of likely N-dealkylation sites (tertiary alicyclic amines) is 1. The van der Waals surface area contributed by atoms with Crippen LogP contribution in [-0.2, 0) is 9.84 Å². The molecular weight excluding hydrogens is 356 g/mol. The minimum absolute atomic E-state index is 0.371. The molecule has 0 atom stereocenters. The second-order valence-electron chi connectivity index (χ2n) is 8.01. The van der Waals surface area contributed by atoms with Gasteiger partial charge in [-0.1, -0.05) is 30.3 Å². The van der Waals surface area contributed by atoms with Gasteiger partial charge in [-0.3, -0.25) is 0 Å². The number of hydrogen-bond donors (Lipinski definition) is 1. The molecule has 4 nitrogen and oxygen atoms in total. The summed E-state index contributed by atoms with van der Waals surface area (Å²) in [5, 5.41) is 5.46. The summed E-state index contributed by atoms with van der Waals surface area (Å²) in [7, 11) is -0.846. The van der Waals surface area contributed by atoms with Gasteiger partial charge in [0.15, 0.2) is 9.84 Å². The van der Waals surface area contributed by atoms with E-state index in [2.05, 4.69) is 17.3 Å². The van der Waals surface area contributed by atoms with Crippen molar-refractivity contribution in [1.82, 2.24) is 10.2 Å². The summed E-state index contributed by atoms with van der Waals surface area (Å²) in [5.74, 6) is 2.08. The fraction of sp³-hybridized carbons (Fsp3) is 0.545. The van der Waals surface area contributed by atoms with Gasteiger partial charge >= 0.3 is 0 Å². The Hall–Kier alpha value is -1.43. The lowest BCUT2D eigenvalue weighted by atomic mass is 9.79. The number of fused-ring (bicyclic) bond motifs is 1. The first-order valence-electron chi connectivity index (χ1n) is 10.0. The standard InChI is InChI=1S/C11H22N2.C11H10O2S/c1-13-8-4-11(5-9-13)10-2-6-12-7-3-10;1-14(12,13)11-7-6-9-4-2-3-5-10(9)8-11/h10-12H,2-9H2,1H3;2-8H,1H3. The second-order valence-corrected chi connectivity index (χ2v) is 10.0. The molecule has 2 aromatic carbocycles. The molecular formula is C22H32N2O2S. The van der Waals surface area contributed by atoms with Crippen LogP contribution in [-0.4, -0.2) is 52.8 Å². The van der Waals surface area contributed by atoms with Gasteiger partial charge in [0.05, 0.1) is 4.90 Å². The predicted octanol–water partition coefficient (Wildman–Crippen LogP) is 3.57. The van der Waals surface area contributed by atoms with Crippen molar-refractivity contribution in [3.63, 3.8) is 0 Å². The maximum atomic E-state index is 11.3. The summed E-state index contributed by atoms with van der Waals surface area (Å²) in [6, 6.07) is 12.9. The zero-order valence-corrected chi connectivity index (χ0v) is 17.3. The second kappa shape index (κ2) is 9.18. The van der Waals surface area contributed by atoms with Gasteiger partial charge < -0.3 is 10.2 Å². The molecule has 0 aliphatic carbocycles. The van der Waals surface area contributed by atoms with Crippen molar-refractivity contribution in [2.45, 2.75) is 30.6 Å². The molecule has 5 heteroatoms. The number of nitrogens with zero attached hydrogens (tertiary/aromatic N) is 1. The van der Waals surface area contributed by atoms with Crippen molar-refractivity contribution in [3.05, 3.63) is 42.5 Å². The van der Waals surface area contributed by atoms with Crippen molar-refractivity contribution < 1.29 is 8.42 Å². The lowest BCUT2D eigenvalue weighted by Crippen LogP contribution is -2.37. The molecule has 0 amide bonds. The molecule has 0 unspecified atom stereocenters. The largest absolute Gasteiger partial charge is 0.317 e. The quantitative estimate of drug-likeness (QED) is 0.854. The maximum absolute atomic E-state index is 11.3. The van der Waals surface area contributed by atoms with Crippen LogP contribution in [0.15, 0.2) is 47.4 Å². The molecule has 0 aromatic heterocycles. The summed E-state index contributed by atoms with van der Waals surface area (Å²) in [5.41, 5.74) is 0. The van der Waals surface area contributed by atoms with Crippen LogP contribution < -0.4 is 5.32 Å². The molecule has 27 heavy (non-hydrogen) atoms. The minimum atomic E-state index is -3.09. The fourth-order valence-corrected chi connectivity index (χ4v) is 4.87. The molecule has 148 valence electrons. The Balaban J connectivity index is 0.000000156. The van der Waals surface area contributed by atoms with E-state index in [9.17, 15) is 8.42 Å². The Morgan fingerprint density at radius 2 is 1.48 bits per heavy atom. The van der Waals surface area contributed by atoms with Gasteiger partial charge in [-0.2, -0.15) is 0 Å². The lowest BCUT2D eigenvalue weighted by Gasteiger charge is -2.36. The van der Waals surface area contributed by atoms with Gasteiger partial charge in [-0.15, -0.1) is 0 Å². The van der Waals surface area contributed by atoms with E-state index in [0.717, 1.165) is 22.6 Å². The zero-order chi connectivity index (χ0) is 19.3. The van der Waals surface area contributed by atoms with Crippen molar-refractivity contribution >= 4 is 20.6 Å². The lowest BCUT2D eigenvalue weighted by molar-refractivity contribution is 0.149. The van der Waals surface area contributed by atoms with Gasteiger partial charge in [0.1, 0.15) is 0 Å². The van der Waals surface area contributed by atoms with Crippen molar-refractivity contribution in [2.75, 3.05) is 39.5 Å². The highest BCUT2D eigenvalue weighted by Crippen LogP contribution is 2.30. The average Bonchev–Trinajstić information content (AvgIpc) is 2.69. The first-order chi connectivity index (χ1) is 12.9.